The minimum atomic E-state index is -0.363. The van der Waals surface area contributed by atoms with Crippen molar-refractivity contribution in [2.75, 3.05) is 0 Å². The van der Waals surface area contributed by atoms with Crippen LogP contribution in [0.1, 0.15) is 83.6 Å². The number of hydrogen-bond acceptors (Lipinski definition) is 2. The van der Waals surface area contributed by atoms with Gasteiger partial charge in [-0.3, -0.25) is 4.99 Å². The minimum Gasteiger partial charge on any atom is -0.507 e. The highest BCUT2D eigenvalue weighted by molar-refractivity contribution is 5.87. The number of nitrogens with zero attached hydrogens (tertiary/aromatic N) is 1. The number of aromatic hydroxyl groups is 1. The molecule has 0 saturated heterocycles. The molecule has 2 aromatic carbocycles. The van der Waals surface area contributed by atoms with Crippen molar-refractivity contribution in [1.29, 1.82) is 0 Å². The van der Waals surface area contributed by atoms with Crippen LogP contribution in [0.15, 0.2) is 35.3 Å². The molecule has 27 heavy (non-hydrogen) atoms. The minimum absolute atomic E-state index is 0.0276. The van der Waals surface area contributed by atoms with Gasteiger partial charge >= 0.3 is 0 Å². The molecule has 0 bridgehead atoms. The summed E-state index contributed by atoms with van der Waals surface area (Å²) in [5.74, 6) is -0.237. The van der Waals surface area contributed by atoms with Gasteiger partial charge in [0.25, 0.3) is 0 Å². The van der Waals surface area contributed by atoms with Crippen LogP contribution in [0.3, 0.4) is 0 Å². The number of hydrogen-bond donors (Lipinski definition) is 1. The second-order valence-electron chi connectivity index (χ2n) is 9.55. The number of benzene rings is 2. The van der Waals surface area contributed by atoms with Gasteiger partial charge in [0.2, 0.25) is 0 Å². The van der Waals surface area contributed by atoms with E-state index in [4.69, 9.17) is 4.99 Å². The molecular formula is C24H32FNO. The fourth-order valence-electron chi connectivity index (χ4n) is 3.21. The molecule has 2 aromatic rings. The summed E-state index contributed by atoms with van der Waals surface area (Å²) in [6.07, 6.45) is 1.59. The van der Waals surface area contributed by atoms with E-state index in [0.29, 0.717) is 11.1 Å². The van der Waals surface area contributed by atoms with Gasteiger partial charge in [0, 0.05) is 11.8 Å². The van der Waals surface area contributed by atoms with Crippen LogP contribution < -0.4 is 0 Å². The predicted molar refractivity (Wildman–Crippen MR) is 113 cm³/mol. The summed E-state index contributed by atoms with van der Waals surface area (Å²) >= 11 is 0. The fourth-order valence-corrected chi connectivity index (χ4v) is 3.21. The maximum atomic E-state index is 14.1. The lowest BCUT2D eigenvalue weighted by Crippen LogP contribution is -2.17. The van der Waals surface area contributed by atoms with Gasteiger partial charge in [-0.25, -0.2) is 4.39 Å². The Morgan fingerprint density at radius 1 is 0.963 bits per heavy atom. The Labute approximate surface area is 163 Å². The van der Waals surface area contributed by atoms with E-state index in [1.54, 1.807) is 6.21 Å². The molecular weight excluding hydrogens is 337 g/mol. The van der Waals surface area contributed by atoms with Crippen molar-refractivity contribution in [3.8, 4) is 5.75 Å². The smallest absolute Gasteiger partial charge is 0.128 e. The van der Waals surface area contributed by atoms with Gasteiger partial charge < -0.3 is 5.11 Å². The number of rotatable bonds is 3. The number of halogens is 1. The van der Waals surface area contributed by atoms with Crippen molar-refractivity contribution in [3.63, 3.8) is 0 Å². The summed E-state index contributed by atoms with van der Waals surface area (Å²) in [6.45, 7) is 16.8. The molecule has 0 fully saturated rings. The second-order valence-corrected chi connectivity index (χ2v) is 9.55. The zero-order valence-corrected chi connectivity index (χ0v) is 17.8. The van der Waals surface area contributed by atoms with Crippen LogP contribution in [0.25, 0.3) is 0 Å². The Hall–Kier alpha value is -2.16. The Morgan fingerprint density at radius 3 is 1.93 bits per heavy atom. The largest absolute Gasteiger partial charge is 0.507 e. The molecule has 0 heterocycles. The third kappa shape index (κ3) is 4.77. The van der Waals surface area contributed by atoms with Gasteiger partial charge in [-0.2, -0.15) is 0 Å². The van der Waals surface area contributed by atoms with Crippen molar-refractivity contribution in [1.82, 2.24) is 0 Å². The van der Waals surface area contributed by atoms with Crippen molar-refractivity contribution in [3.05, 3.63) is 58.4 Å². The van der Waals surface area contributed by atoms with Crippen molar-refractivity contribution in [2.24, 2.45) is 4.99 Å². The molecule has 0 atom stereocenters. The van der Waals surface area contributed by atoms with Crippen LogP contribution in [-0.2, 0) is 10.8 Å². The van der Waals surface area contributed by atoms with Gasteiger partial charge in [0.15, 0.2) is 0 Å². The van der Waals surface area contributed by atoms with Crippen LogP contribution in [0, 0.1) is 5.82 Å². The van der Waals surface area contributed by atoms with E-state index in [-0.39, 0.29) is 28.3 Å². The normalized spacial score (nSPS) is 13.0. The molecule has 0 aliphatic rings. The van der Waals surface area contributed by atoms with Gasteiger partial charge in [0.05, 0.1) is 5.69 Å². The molecule has 1 N–H and O–H groups in total. The van der Waals surface area contributed by atoms with Gasteiger partial charge in [-0.1, -0.05) is 73.6 Å². The van der Waals surface area contributed by atoms with E-state index in [0.717, 1.165) is 16.8 Å². The zero-order valence-electron chi connectivity index (χ0n) is 17.8. The average molecular weight is 370 g/mol. The van der Waals surface area contributed by atoms with E-state index in [2.05, 4.69) is 59.7 Å². The SMILES string of the molecule is CC(C)c1cc(F)cc(C=Nc2c(C(C)(C)C)cccc2C(C)(C)C)c1O. The highest BCUT2D eigenvalue weighted by Gasteiger charge is 2.25. The van der Waals surface area contributed by atoms with Gasteiger partial charge in [-0.15, -0.1) is 0 Å². The molecule has 2 nitrogen and oxygen atoms in total. The number of phenolic OH excluding ortho intramolecular Hbond substituents is 1. The highest BCUT2D eigenvalue weighted by atomic mass is 19.1. The summed E-state index contributed by atoms with van der Waals surface area (Å²) in [6, 6.07) is 8.97. The summed E-state index contributed by atoms with van der Waals surface area (Å²) in [4.78, 5) is 4.76. The summed E-state index contributed by atoms with van der Waals surface area (Å²) in [7, 11) is 0. The first-order valence-corrected chi connectivity index (χ1v) is 9.53. The van der Waals surface area contributed by atoms with E-state index < -0.39 is 0 Å². The topological polar surface area (TPSA) is 32.6 Å². The molecule has 0 spiro atoms. The lowest BCUT2D eigenvalue weighted by Gasteiger charge is -2.28. The van der Waals surface area contributed by atoms with Crippen LogP contribution >= 0.6 is 0 Å². The Kier molecular flexibility index (Phi) is 5.84. The molecule has 146 valence electrons. The summed E-state index contributed by atoms with van der Waals surface area (Å²) in [5.41, 5.74) is 3.99. The monoisotopic (exact) mass is 369 g/mol. The maximum absolute atomic E-state index is 14.1. The highest BCUT2D eigenvalue weighted by Crippen LogP contribution is 2.40. The van der Waals surface area contributed by atoms with E-state index in [1.807, 2.05) is 13.8 Å². The Balaban J connectivity index is 2.67. The standard InChI is InChI=1S/C24H32FNO/c1-15(2)18-13-17(25)12-16(22(18)27)14-26-21-19(23(3,4)5)10-9-11-20(21)24(6,7)8/h9-15,27H,1-8H3. The molecule has 0 radical (unpaired) electrons. The second kappa shape index (κ2) is 7.46. The lowest BCUT2D eigenvalue weighted by atomic mass is 9.79. The molecule has 3 heteroatoms. The van der Waals surface area contributed by atoms with Crippen LogP contribution in [0.5, 0.6) is 5.75 Å². The molecule has 0 amide bonds. The Morgan fingerprint density at radius 2 is 1.48 bits per heavy atom. The average Bonchev–Trinajstić information content (AvgIpc) is 2.53. The van der Waals surface area contributed by atoms with Crippen LogP contribution in [-0.4, -0.2) is 11.3 Å². The van der Waals surface area contributed by atoms with Crippen molar-refractivity contribution in [2.45, 2.75) is 72.1 Å². The fraction of sp³-hybridized carbons (Fsp3) is 0.458. The summed E-state index contributed by atoms with van der Waals surface area (Å²) < 4.78 is 14.1. The van der Waals surface area contributed by atoms with Crippen LogP contribution in [0.2, 0.25) is 0 Å². The maximum Gasteiger partial charge on any atom is 0.128 e. The third-order valence-electron chi connectivity index (χ3n) is 4.74. The first-order chi connectivity index (χ1) is 12.3. The molecule has 0 aromatic heterocycles. The van der Waals surface area contributed by atoms with E-state index in [1.165, 1.54) is 12.1 Å². The molecule has 2 rings (SSSR count). The molecule has 0 aliphatic heterocycles. The first-order valence-electron chi connectivity index (χ1n) is 9.53. The predicted octanol–water partition coefficient (Wildman–Crippen LogP) is 7.00. The summed E-state index contributed by atoms with van der Waals surface area (Å²) in [5, 5.41) is 10.6. The van der Waals surface area contributed by atoms with E-state index >= 15 is 0 Å². The number of para-hydroxylation sites is 1. The molecule has 0 saturated carbocycles. The van der Waals surface area contributed by atoms with Crippen molar-refractivity contribution >= 4 is 11.9 Å². The van der Waals surface area contributed by atoms with Gasteiger partial charge in [-0.05, 0) is 45.6 Å². The molecule has 0 unspecified atom stereocenters. The van der Waals surface area contributed by atoms with E-state index in [9.17, 15) is 9.50 Å². The van der Waals surface area contributed by atoms with Crippen molar-refractivity contribution < 1.29 is 9.50 Å². The molecule has 0 aliphatic carbocycles. The lowest BCUT2D eigenvalue weighted by molar-refractivity contribution is 0.461. The van der Waals surface area contributed by atoms with Crippen LogP contribution in [0.4, 0.5) is 10.1 Å². The third-order valence-corrected chi connectivity index (χ3v) is 4.74. The number of phenols is 1. The van der Waals surface area contributed by atoms with Gasteiger partial charge in [0.1, 0.15) is 11.6 Å². The zero-order chi connectivity index (χ0) is 20.6. The first kappa shape index (κ1) is 21.1. The Bertz CT molecular complexity index is 820. The number of aliphatic imine (C=N–C) groups is 1. The quantitative estimate of drug-likeness (QED) is 0.580.